The fourth-order valence-corrected chi connectivity index (χ4v) is 5.48. The number of carbonyl (C=O) groups is 2. The molecule has 1 aliphatic rings. The highest BCUT2D eigenvalue weighted by Crippen LogP contribution is 2.23. The van der Waals surface area contributed by atoms with Crippen LogP contribution in [0.25, 0.3) is 11.8 Å². The number of benzene rings is 3. The van der Waals surface area contributed by atoms with Crippen LogP contribution in [0.4, 0.5) is 0 Å². The smallest absolute Gasteiger partial charge is 0.247 e. The third kappa shape index (κ3) is 7.13. The van der Waals surface area contributed by atoms with Gasteiger partial charge in [0.1, 0.15) is 18.7 Å². The van der Waals surface area contributed by atoms with Gasteiger partial charge in [0.15, 0.2) is 0 Å². The third-order valence-electron chi connectivity index (χ3n) is 7.90. The Kier molecular flexibility index (Phi) is 9.01. The van der Waals surface area contributed by atoms with Crippen molar-refractivity contribution in [2.24, 2.45) is 0 Å². The molecule has 10 nitrogen and oxygen atoms in total. The molecule has 1 unspecified atom stereocenters. The molecular weight excluding hydrogens is 566 g/mol. The minimum absolute atomic E-state index is 0.0846. The van der Waals surface area contributed by atoms with Gasteiger partial charge in [0.25, 0.3) is 0 Å². The van der Waals surface area contributed by atoms with Crippen LogP contribution < -0.4 is 4.74 Å². The number of carbonyl (C=O) groups excluding carboxylic acids is 2. The monoisotopic (exact) mass is 599 g/mol. The fourth-order valence-electron chi connectivity index (χ4n) is 5.48. The van der Waals surface area contributed by atoms with E-state index in [-0.39, 0.29) is 18.4 Å². The van der Waals surface area contributed by atoms with E-state index in [2.05, 4.69) is 32.4 Å². The molecule has 0 saturated heterocycles. The highest BCUT2D eigenvalue weighted by Gasteiger charge is 2.34. The second-order valence-corrected chi connectivity index (χ2v) is 10.8. The molecule has 0 bridgehead atoms. The highest BCUT2D eigenvalue weighted by atomic mass is 16.5. The van der Waals surface area contributed by atoms with E-state index in [9.17, 15) is 9.59 Å². The molecular formula is C35H33N7O3. The van der Waals surface area contributed by atoms with Gasteiger partial charge < -0.3 is 14.5 Å². The summed E-state index contributed by atoms with van der Waals surface area (Å²) < 4.78 is 6.77. The molecule has 0 fully saturated rings. The first-order chi connectivity index (χ1) is 22.1. The van der Waals surface area contributed by atoms with Gasteiger partial charge in [-0.1, -0.05) is 66.7 Å². The first kappa shape index (κ1) is 29.4. The molecule has 5 aromatic rings. The molecule has 3 heterocycles. The SMILES string of the molecule is COc1ccc(C=CC(=O)N(Cc2ccc(-n3cncn3)cc2)C(Cc2ccccc2)C(=O)N2CCc3ccccc3C2)nn1. The van der Waals surface area contributed by atoms with E-state index in [1.54, 1.807) is 34.1 Å². The normalized spacial score (nSPS) is 13.3. The Balaban J connectivity index is 1.33. The molecule has 0 spiro atoms. The topological polar surface area (TPSA) is 106 Å². The van der Waals surface area contributed by atoms with Crippen molar-refractivity contribution in [1.29, 1.82) is 0 Å². The first-order valence-corrected chi connectivity index (χ1v) is 14.8. The van der Waals surface area contributed by atoms with Gasteiger partial charge >= 0.3 is 0 Å². The van der Waals surface area contributed by atoms with Crippen LogP contribution in [0.3, 0.4) is 0 Å². The summed E-state index contributed by atoms with van der Waals surface area (Å²) in [6.45, 7) is 1.32. The van der Waals surface area contributed by atoms with Crippen molar-refractivity contribution in [1.82, 2.24) is 34.8 Å². The van der Waals surface area contributed by atoms with Crippen molar-refractivity contribution in [3.63, 3.8) is 0 Å². The Bertz CT molecular complexity index is 1760. The van der Waals surface area contributed by atoms with Crippen LogP contribution in [0, 0.1) is 0 Å². The van der Waals surface area contributed by atoms with Gasteiger partial charge in [-0.2, -0.15) is 5.10 Å². The Morgan fingerprint density at radius 1 is 0.911 bits per heavy atom. The van der Waals surface area contributed by atoms with Gasteiger partial charge in [0.05, 0.1) is 18.5 Å². The number of fused-ring (bicyclic) bond motifs is 1. The molecule has 2 amide bonds. The van der Waals surface area contributed by atoms with Gasteiger partial charge in [-0.25, -0.2) is 9.67 Å². The van der Waals surface area contributed by atoms with Gasteiger partial charge in [-0.3, -0.25) is 9.59 Å². The number of hydrogen-bond donors (Lipinski definition) is 0. The minimum atomic E-state index is -0.744. The number of rotatable bonds is 10. The van der Waals surface area contributed by atoms with E-state index in [0.717, 1.165) is 28.8 Å². The van der Waals surface area contributed by atoms with E-state index in [1.165, 1.54) is 25.1 Å². The molecule has 0 saturated carbocycles. The lowest BCUT2D eigenvalue weighted by atomic mass is 9.97. The lowest BCUT2D eigenvalue weighted by Crippen LogP contribution is -2.52. The van der Waals surface area contributed by atoms with Crippen LogP contribution >= 0.6 is 0 Å². The maximum Gasteiger partial charge on any atom is 0.247 e. The number of amides is 2. The van der Waals surface area contributed by atoms with Gasteiger partial charge in [-0.05, 0) is 52.9 Å². The lowest BCUT2D eigenvalue weighted by Gasteiger charge is -2.36. The van der Waals surface area contributed by atoms with Crippen molar-refractivity contribution in [2.45, 2.75) is 32.0 Å². The standard InChI is InChI=1S/C35H33N7O3/c1-45-33-17-13-30(38-39-33)14-18-34(43)41(22-27-11-15-31(16-12-27)42-25-36-24-37-42)32(21-26-7-3-2-4-8-26)35(44)40-20-19-28-9-5-6-10-29(28)23-40/h2-18,24-25,32H,19-23H2,1H3. The number of methoxy groups -OCH3 is 1. The van der Waals surface area contributed by atoms with Crippen LogP contribution in [-0.2, 0) is 35.5 Å². The molecule has 1 aliphatic heterocycles. The summed E-state index contributed by atoms with van der Waals surface area (Å²) in [5, 5.41) is 12.3. The van der Waals surface area contributed by atoms with E-state index < -0.39 is 6.04 Å². The summed E-state index contributed by atoms with van der Waals surface area (Å²) >= 11 is 0. The Morgan fingerprint density at radius 2 is 1.69 bits per heavy atom. The molecule has 0 aliphatic carbocycles. The average Bonchev–Trinajstić information content (AvgIpc) is 3.64. The second-order valence-electron chi connectivity index (χ2n) is 10.8. The van der Waals surface area contributed by atoms with Crippen LogP contribution in [0.1, 0.15) is 27.9 Å². The van der Waals surface area contributed by atoms with Crippen LogP contribution in [0.15, 0.2) is 110 Å². The number of nitrogens with zero attached hydrogens (tertiary/aromatic N) is 7. The summed E-state index contributed by atoms with van der Waals surface area (Å²) in [4.78, 5) is 36.1. The summed E-state index contributed by atoms with van der Waals surface area (Å²) in [6, 6.07) is 28.4. The maximum atomic E-state index is 14.5. The number of hydrogen-bond acceptors (Lipinski definition) is 7. The van der Waals surface area contributed by atoms with Gasteiger partial charge in [0.2, 0.25) is 17.7 Å². The van der Waals surface area contributed by atoms with E-state index >= 15 is 0 Å². The maximum absolute atomic E-state index is 14.5. The second kappa shape index (κ2) is 13.8. The van der Waals surface area contributed by atoms with Crippen molar-refractivity contribution < 1.29 is 14.3 Å². The molecule has 3 aromatic carbocycles. The molecule has 226 valence electrons. The zero-order chi connectivity index (χ0) is 31.0. The van der Waals surface area contributed by atoms with Crippen LogP contribution in [-0.4, -0.2) is 66.3 Å². The molecule has 6 rings (SSSR count). The Morgan fingerprint density at radius 3 is 2.40 bits per heavy atom. The first-order valence-electron chi connectivity index (χ1n) is 14.8. The molecule has 0 N–H and O–H groups in total. The third-order valence-corrected chi connectivity index (χ3v) is 7.90. The lowest BCUT2D eigenvalue weighted by molar-refractivity contribution is -0.144. The van der Waals surface area contributed by atoms with Crippen LogP contribution in [0.2, 0.25) is 0 Å². The largest absolute Gasteiger partial charge is 0.480 e. The predicted octanol–water partition coefficient (Wildman–Crippen LogP) is 4.30. The van der Waals surface area contributed by atoms with Crippen molar-refractivity contribution in [2.75, 3.05) is 13.7 Å². The summed E-state index contributed by atoms with van der Waals surface area (Å²) in [7, 11) is 1.52. The Hall–Kier alpha value is -5.64. The van der Waals surface area contributed by atoms with Crippen molar-refractivity contribution in [3.8, 4) is 11.6 Å². The van der Waals surface area contributed by atoms with E-state index in [4.69, 9.17) is 4.74 Å². The fraction of sp³-hybridized carbons (Fsp3) is 0.200. The van der Waals surface area contributed by atoms with E-state index in [0.29, 0.717) is 31.1 Å². The molecule has 1 atom stereocenters. The van der Waals surface area contributed by atoms with Crippen LogP contribution in [0.5, 0.6) is 5.88 Å². The Labute approximate surface area is 261 Å². The summed E-state index contributed by atoms with van der Waals surface area (Å²) in [6.07, 6.45) is 7.31. The molecule has 2 aromatic heterocycles. The zero-order valence-electron chi connectivity index (χ0n) is 24.9. The summed E-state index contributed by atoms with van der Waals surface area (Å²) in [5.41, 5.74) is 5.58. The predicted molar refractivity (Wildman–Crippen MR) is 169 cm³/mol. The summed E-state index contributed by atoms with van der Waals surface area (Å²) in [5.74, 6) is -0.00990. The average molecular weight is 600 g/mol. The number of ether oxygens (including phenoxy) is 1. The van der Waals surface area contributed by atoms with Gasteiger partial charge in [0, 0.05) is 38.2 Å². The van der Waals surface area contributed by atoms with Crippen molar-refractivity contribution >= 4 is 17.9 Å². The molecule has 10 heteroatoms. The molecule has 0 radical (unpaired) electrons. The minimum Gasteiger partial charge on any atom is -0.480 e. The van der Waals surface area contributed by atoms with Gasteiger partial charge in [-0.15, -0.1) is 10.2 Å². The van der Waals surface area contributed by atoms with E-state index in [1.807, 2.05) is 71.6 Å². The quantitative estimate of drug-likeness (QED) is 0.220. The molecule has 45 heavy (non-hydrogen) atoms. The highest BCUT2D eigenvalue weighted by molar-refractivity contribution is 5.95. The number of aromatic nitrogens is 5. The van der Waals surface area contributed by atoms with Crippen molar-refractivity contribution in [3.05, 3.63) is 138 Å². The zero-order valence-corrected chi connectivity index (χ0v) is 24.9.